The highest BCUT2D eigenvalue weighted by atomic mass is 32.2. The molecular weight excluding hydrogens is 332 g/mol. The average Bonchev–Trinajstić information content (AvgIpc) is 2.54. The minimum absolute atomic E-state index is 0.0464. The standard InChI is InChI=1S/C16H26N2O5S/c1-3-5-9-17-14-8-7-13(16(19)20)12-15(14)24(21,22)18-10-6-11-23-4-2/h7-8,12,17-18H,3-6,9-11H2,1-2H3,(H,19,20). The van der Waals surface area contributed by atoms with Crippen LogP contribution in [0.3, 0.4) is 0 Å². The third-order valence-electron chi connectivity index (χ3n) is 3.33. The second kappa shape index (κ2) is 10.3. The van der Waals surface area contributed by atoms with Crippen molar-refractivity contribution in [3.05, 3.63) is 23.8 Å². The Labute approximate surface area is 143 Å². The first-order chi connectivity index (χ1) is 11.4. The van der Waals surface area contributed by atoms with Crippen molar-refractivity contribution in [1.82, 2.24) is 4.72 Å². The Morgan fingerprint density at radius 3 is 2.58 bits per heavy atom. The molecular formula is C16H26N2O5S. The lowest BCUT2D eigenvalue weighted by atomic mass is 10.2. The monoisotopic (exact) mass is 358 g/mol. The number of carbonyl (C=O) groups is 1. The fraction of sp³-hybridized carbons (Fsp3) is 0.562. The molecule has 8 heteroatoms. The molecule has 0 spiro atoms. The van der Waals surface area contributed by atoms with E-state index >= 15 is 0 Å². The lowest BCUT2D eigenvalue weighted by Gasteiger charge is -2.14. The summed E-state index contributed by atoms with van der Waals surface area (Å²) >= 11 is 0. The van der Waals surface area contributed by atoms with E-state index in [9.17, 15) is 13.2 Å². The Balaban J connectivity index is 2.93. The maximum absolute atomic E-state index is 12.5. The molecule has 0 aliphatic rings. The van der Waals surface area contributed by atoms with Crippen LogP contribution >= 0.6 is 0 Å². The fourth-order valence-corrected chi connectivity index (χ4v) is 3.31. The number of carboxylic acids is 1. The Morgan fingerprint density at radius 1 is 1.21 bits per heavy atom. The maximum atomic E-state index is 12.5. The summed E-state index contributed by atoms with van der Waals surface area (Å²) in [5.41, 5.74) is 0.344. The summed E-state index contributed by atoms with van der Waals surface area (Å²) in [6.07, 6.45) is 2.41. The van der Waals surface area contributed by atoms with Crippen molar-refractivity contribution in [2.24, 2.45) is 0 Å². The van der Waals surface area contributed by atoms with Gasteiger partial charge >= 0.3 is 5.97 Å². The maximum Gasteiger partial charge on any atom is 0.335 e. The molecule has 0 amide bonds. The van der Waals surface area contributed by atoms with Gasteiger partial charge in [0.05, 0.1) is 11.3 Å². The highest BCUT2D eigenvalue weighted by molar-refractivity contribution is 7.89. The van der Waals surface area contributed by atoms with Crippen molar-refractivity contribution >= 4 is 21.7 Å². The van der Waals surface area contributed by atoms with Crippen LogP contribution in [0.5, 0.6) is 0 Å². The van der Waals surface area contributed by atoms with E-state index in [4.69, 9.17) is 9.84 Å². The highest BCUT2D eigenvalue weighted by Crippen LogP contribution is 2.23. The molecule has 1 aromatic rings. The number of rotatable bonds is 12. The van der Waals surface area contributed by atoms with Crippen LogP contribution in [0, 0.1) is 0 Å². The van der Waals surface area contributed by atoms with Crippen molar-refractivity contribution in [2.45, 2.75) is 38.0 Å². The van der Waals surface area contributed by atoms with Crippen molar-refractivity contribution in [3.8, 4) is 0 Å². The zero-order valence-electron chi connectivity index (χ0n) is 14.2. The third-order valence-corrected chi connectivity index (χ3v) is 4.83. The zero-order valence-corrected chi connectivity index (χ0v) is 15.0. The average molecular weight is 358 g/mol. The highest BCUT2D eigenvalue weighted by Gasteiger charge is 2.20. The number of aromatic carboxylic acids is 1. The van der Waals surface area contributed by atoms with Gasteiger partial charge in [-0.25, -0.2) is 17.9 Å². The first-order valence-corrected chi connectivity index (χ1v) is 9.59. The van der Waals surface area contributed by atoms with Crippen LogP contribution in [0.2, 0.25) is 0 Å². The van der Waals surface area contributed by atoms with E-state index in [1.165, 1.54) is 18.2 Å². The van der Waals surface area contributed by atoms with Gasteiger partial charge in [-0.2, -0.15) is 0 Å². The molecule has 7 nitrogen and oxygen atoms in total. The Morgan fingerprint density at radius 2 is 1.96 bits per heavy atom. The quantitative estimate of drug-likeness (QED) is 0.495. The van der Waals surface area contributed by atoms with E-state index in [1.807, 2.05) is 13.8 Å². The van der Waals surface area contributed by atoms with Gasteiger partial charge in [0.15, 0.2) is 0 Å². The topological polar surface area (TPSA) is 105 Å². The van der Waals surface area contributed by atoms with Gasteiger partial charge in [-0.1, -0.05) is 13.3 Å². The van der Waals surface area contributed by atoms with Gasteiger partial charge in [0.2, 0.25) is 10.0 Å². The zero-order chi connectivity index (χ0) is 18.0. The van der Waals surface area contributed by atoms with Crippen LogP contribution in [-0.2, 0) is 14.8 Å². The van der Waals surface area contributed by atoms with E-state index in [2.05, 4.69) is 10.0 Å². The first kappa shape index (κ1) is 20.4. The summed E-state index contributed by atoms with van der Waals surface area (Å²) < 4.78 is 32.7. The minimum Gasteiger partial charge on any atom is -0.478 e. The SMILES string of the molecule is CCCCNc1ccc(C(=O)O)cc1S(=O)(=O)NCCCOCC. The van der Waals surface area contributed by atoms with Gasteiger partial charge in [-0.15, -0.1) is 0 Å². The lowest BCUT2D eigenvalue weighted by Crippen LogP contribution is -2.27. The second-order valence-electron chi connectivity index (χ2n) is 5.24. The molecule has 0 aliphatic heterocycles. The van der Waals surface area contributed by atoms with Crippen LogP contribution in [-0.4, -0.2) is 45.8 Å². The summed E-state index contributed by atoms with van der Waals surface area (Å²) in [5, 5.41) is 12.2. The Kier molecular flexibility index (Phi) is 8.73. The molecule has 136 valence electrons. The van der Waals surface area contributed by atoms with E-state index in [0.717, 1.165) is 12.8 Å². The predicted molar refractivity (Wildman–Crippen MR) is 93.1 cm³/mol. The minimum atomic E-state index is -3.80. The number of carboxylic acid groups (broad SMARTS) is 1. The van der Waals surface area contributed by atoms with Crippen LogP contribution < -0.4 is 10.0 Å². The molecule has 0 saturated heterocycles. The fourth-order valence-electron chi connectivity index (χ4n) is 2.03. The molecule has 1 aromatic carbocycles. The summed E-state index contributed by atoms with van der Waals surface area (Å²) in [4.78, 5) is 11.1. The normalized spacial score (nSPS) is 11.4. The Bertz CT molecular complexity index is 631. The van der Waals surface area contributed by atoms with Crippen LogP contribution in [0.25, 0.3) is 0 Å². The number of nitrogens with one attached hydrogen (secondary N) is 2. The number of anilines is 1. The van der Waals surface area contributed by atoms with E-state index in [0.29, 0.717) is 31.9 Å². The number of ether oxygens (including phenoxy) is 1. The van der Waals surface area contributed by atoms with Crippen molar-refractivity contribution in [3.63, 3.8) is 0 Å². The van der Waals surface area contributed by atoms with Crippen molar-refractivity contribution < 1.29 is 23.1 Å². The molecule has 0 heterocycles. The third kappa shape index (κ3) is 6.46. The van der Waals surface area contributed by atoms with Crippen molar-refractivity contribution in [2.75, 3.05) is 31.6 Å². The molecule has 24 heavy (non-hydrogen) atoms. The van der Waals surface area contributed by atoms with Gasteiger partial charge < -0.3 is 15.2 Å². The smallest absolute Gasteiger partial charge is 0.335 e. The molecule has 0 bridgehead atoms. The van der Waals surface area contributed by atoms with Gasteiger partial charge in [-0.05, 0) is 38.0 Å². The van der Waals surface area contributed by atoms with Gasteiger partial charge in [0, 0.05) is 26.3 Å². The number of hydrogen-bond donors (Lipinski definition) is 3. The van der Waals surface area contributed by atoms with E-state index in [1.54, 1.807) is 0 Å². The molecule has 0 aliphatic carbocycles. The van der Waals surface area contributed by atoms with Crippen LogP contribution in [0.15, 0.2) is 23.1 Å². The summed E-state index contributed by atoms with van der Waals surface area (Å²) in [7, 11) is -3.80. The van der Waals surface area contributed by atoms with Crippen LogP contribution in [0.1, 0.15) is 43.5 Å². The molecule has 3 N–H and O–H groups in total. The van der Waals surface area contributed by atoms with Crippen molar-refractivity contribution in [1.29, 1.82) is 0 Å². The lowest BCUT2D eigenvalue weighted by molar-refractivity contribution is 0.0696. The molecule has 0 saturated carbocycles. The first-order valence-electron chi connectivity index (χ1n) is 8.11. The molecule has 1 rings (SSSR count). The largest absolute Gasteiger partial charge is 0.478 e. The predicted octanol–water partition coefficient (Wildman–Crippen LogP) is 2.30. The molecule has 0 radical (unpaired) electrons. The summed E-state index contributed by atoms with van der Waals surface area (Å²) in [5.74, 6) is -1.16. The van der Waals surface area contributed by atoms with Gasteiger partial charge in [0.25, 0.3) is 0 Å². The number of unbranched alkanes of at least 4 members (excludes halogenated alkanes) is 1. The second-order valence-corrected chi connectivity index (χ2v) is 6.98. The number of hydrogen-bond acceptors (Lipinski definition) is 5. The summed E-state index contributed by atoms with van der Waals surface area (Å²) in [6, 6.07) is 4.07. The number of sulfonamides is 1. The van der Waals surface area contributed by atoms with E-state index < -0.39 is 16.0 Å². The molecule has 0 aromatic heterocycles. The summed E-state index contributed by atoms with van der Waals surface area (Å²) in [6.45, 7) is 5.81. The van der Waals surface area contributed by atoms with Gasteiger partial charge in [0.1, 0.15) is 4.90 Å². The van der Waals surface area contributed by atoms with Crippen LogP contribution in [0.4, 0.5) is 5.69 Å². The molecule has 0 unspecified atom stereocenters. The van der Waals surface area contributed by atoms with Gasteiger partial charge in [-0.3, -0.25) is 0 Å². The van der Waals surface area contributed by atoms with E-state index in [-0.39, 0.29) is 17.0 Å². The molecule has 0 fully saturated rings. The Hall–Kier alpha value is -1.64. The number of benzene rings is 1. The molecule has 0 atom stereocenters.